The molecule has 1 aliphatic heterocycles. The monoisotopic (exact) mass is 256 g/mol. The van der Waals surface area contributed by atoms with Crippen LogP contribution in [0.4, 0.5) is 0 Å². The molecule has 0 unspecified atom stereocenters. The van der Waals surface area contributed by atoms with Gasteiger partial charge in [0.05, 0.1) is 18.8 Å². The van der Waals surface area contributed by atoms with Crippen LogP contribution in [-0.2, 0) is 4.74 Å². The summed E-state index contributed by atoms with van der Waals surface area (Å²) in [4.78, 5) is 4.67. The van der Waals surface area contributed by atoms with Gasteiger partial charge in [-0.05, 0) is 25.8 Å². The highest BCUT2D eigenvalue weighted by Gasteiger charge is 2.25. The second kappa shape index (κ2) is 6.85. The van der Waals surface area contributed by atoms with Crippen LogP contribution in [0.3, 0.4) is 0 Å². The molecule has 18 heavy (non-hydrogen) atoms. The highest BCUT2D eigenvalue weighted by molar-refractivity contribution is 4.76. The Labute approximate surface area is 111 Å². The largest absolute Gasteiger partial charge is 0.389 e. The van der Waals surface area contributed by atoms with Crippen LogP contribution in [-0.4, -0.2) is 73.5 Å². The summed E-state index contributed by atoms with van der Waals surface area (Å²) in [6, 6.07) is 0. The number of rotatable bonds is 5. The van der Waals surface area contributed by atoms with Gasteiger partial charge in [0.1, 0.15) is 0 Å². The highest BCUT2D eigenvalue weighted by Crippen LogP contribution is 2.27. The first-order valence-corrected chi connectivity index (χ1v) is 7.35. The Morgan fingerprint density at radius 1 is 1.22 bits per heavy atom. The fraction of sp³-hybridized carbons (Fsp3) is 1.00. The van der Waals surface area contributed by atoms with Crippen molar-refractivity contribution >= 4 is 0 Å². The summed E-state index contributed by atoms with van der Waals surface area (Å²) in [5, 5.41) is 10.0. The lowest BCUT2D eigenvalue weighted by Gasteiger charge is -2.33. The smallest absolute Gasteiger partial charge is 0.0900 e. The fourth-order valence-electron chi connectivity index (χ4n) is 2.97. The standard InChI is InChI=1S/C14H28N2O2/c1-12-4-3-5-14(12)18-11-13(17)10-16-8-6-15(2)7-9-16/h12-14,17H,3-11H2,1-2H3/t12-,13+,14+/m0/s1. The van der Waals surface area contributed by atoms with Crippen LogP contribution in [0.5, 0.6) is 0 Å². The minimum Gasteiger partial charge on any atom is -0.389 e. The molecule has 2 rings (SSSR count). The van der Waals surface area contributed by atoms with Gasteiger partial charge in [-0.1, -0.05) is 13.3 Å². The average Bonchev–Trinajstić information content (AvgIpc) is 2.75. The number of β-amino-alcohol motifs (C(OH)–C–C–N with tert-alkyl or cyclic N) is 1. The van der Waals surface area contributed by atoms with E-state index >= 15 is 0 Å². The summed E-state index contributed by atoms with van der Waals surface area (Å²) in [7, 11) is 2.15. The lowest BCUT2D eigenvalue weighted by molar-refractivity contribution is -0.0349. The zero-order chi connectivity index (χ0) is 13.0. The zero-order valence-electron chi connectivity index (χ0n) is 11.8. The van der Waals surface area contributed by atoms with Gasteiger partial charge in [-0.3, -0.25) is 4.90 Å². The van der Waals surface area contributed by atoms with Crippen molar-refractivity contribution in [1.29, 1.82) is 0 Å². The lowest BCUT2D eigenvalue weighted by atomic mass is 10.1. The molecule has 0 spiro atoms. The minimum atomic E-state index is -0.332. The van der Waals surface area contributed by atoms with Crippen LogP contribution in [0.1, 0.15) is 26.2 Å². The molecule has 0 amide bonds. The summed E-state index contributed by atoms with van der Waals surface area (Å²) >= 11 is 0. The fourth-order valence-corrected chi connectivity index (χ4v) is 2.97. The predicted octanol–water partition coefficient (Wildman–Crippen LogP) is 0.800. The van der Waals surface area contributed by atoms with Crippen LogP contribution >= 0.6 is 0 Å². The molecule has 1 heterocycles. The molecule has 1 saturated heterocycles. The third-order valence-electron chi connectivity index (χ3n) is 4.35. The molecule has 2 aliphatic rings. The number of hydrogen-bond donors (Lipinski definition) is 1. The Morgan fingerprint density at radius 2 is 1.94 bits per heavy atom. The van der Waals surface area contributed by atoms with Crippen molar-refractivity contribution in [2.75, 3.05) is 46.4 Å². The molecule has 0 aromatic rings. The quantitative estimate of drug-likeness (QED) is 0.789. The van der Waals surface area contributed by atoms with Crippen LogP contribution in [0.25, 0.3) is 0 Å². The van der Waals surface area contributed by atoms with Crippen LogP contribution in [0.15, 0.2) is 0 Å². The molecule has 3 atom stereocenters. The van der Waals surface area contributed by atoms with Gasteiger partial charge in [-0.2, -0.15) is 0 Å². The number of hydrogen-bond acceptors (Lipinski definition) is 4. The maximum Gasteiger partial charge on any atom is 0.0900 e. The topological polar surface area (TPSA) is 35.9 Å². The van der Waals surface area contributed by atoms with Gasteiger partial charge in [0.2, 0.25) is 0 Å². The summed E-state index contributed by atoms with van der Waals surface area (Å²) in [6.45, 7) is 7.85. The third kappa shape index (κ3) is 4.19. The molecule has 1 saturated carbocycles. The highest BCUT2D eigenvalue weighted by atomic mass is 16.5. The summed E-state index contributed by atoms with van der Waals surface area (Å²) < 4.78 is 5.85. The van der Waals surface area contributed by atoms with Crippen LogP contribution in [0.2, 0.25) is 0 Å². The Bertz CT molecular complexity index is 242. The first kappa shape index (κ1) is 14.3. The Hall–Kier alpha value is -0.160. The maximum atomic E-state index is 10.0. The van der Waals surface area contributed by atoms with E-state index in [1.54, 1.807) is 0 Å². The van der Waals surface area contributed by atoms with Crippen LogP contribution in [0, 0.1) is 5.92 Å². The van der Waals surface area contributed by atoms with Crippen molar-refractivity contribution in [2.24, 2.45) is 5.92 Å². The van der Waals surface area contributed by atoms with Gasteiger partial charge in [-0.15, -0.1) is 0 Å². The van der Waals surface area contributed by atoms with Gasteiger partial charge >= 0.3 is 0 Å². The number of nitrogens with zero attached hydrogens (tertiary/aromatic N) is 2. The molecule has 4 heteroatoms. The van der Waals surface area contributed by atoms with E-state index in [0.717, 1.165) is 32.7 Å². The molecule has 1 N–H and O–H groups in total. The Balaban J connectivity index is 1.61. The predicted molar refractivity (Wildman–Crippen MR) is 72.7 cm³/mol. The van der Waals surface area contributed by atoms with Crippen molar-refractivity contribution in [2.45, 2.75) is 38.4 Å². The molecular weight excluding hydrogens is 228 g/mol. The van der Waals surface area contributed by atoms with Gasteiger partial charge in [0.25, 0.3) is 0 Å². The van der Waals surface area contributed by atoms with Crippen molar-refractivity contribution in [3.05, 3.63) is 0 Å². The second-order valence-corrected chi connectivity index (χ2v) is 6.04. The number of piperazine rings is 1. The van der Waals surface area contributed by atoms with E-state index in [4.69, 9.17) is 4.74 Å². The molecular formula is C14H28N2O2. The summed E-state index contributed by atoms with van der Waals surface area (Å²) in [5.74, 6) is 0.667. The van der Waals surface area contributed by atoms with Crippen LogP contribution < -0.4 is 0 Å². The van der Waals surface area contributed by atoms with E-state index in [-0.39, 0.29) is 6.10 Å². The molecule has 1 aliphatic carbocycles. The molecule has 106 valence electrons. The maximum absolute atomic E-state index is 10.0. The third-order valence-corrected chi connectivity index (χ3v) is 4.35. The second-order valence-electron chi connectivity index (χ2n) is 6.04. The van der Waals surface area contributed by atoms with Gasteiger partial charge in [0, 0.05) is 32.7 Å². The Kier molecular flexibility index (Phi) is 5.42. The normalized spacial score (nSPS) is 32.8. The minimum absolute atomic E-state index is 0.332. The van der Waals surface area contributed by atoms with Gasteiger partial charge < -0.3 is 14.7 Å². The average molecular weight is 256 g/mol. The molecule has 0 bridgehead atoms. The van der Waals surface area contributed by atoms with E-state index in [2.05, 4.69) is 23.8 Å². The van der Waals surface area contributed by atoms with E-state index in [1.165, 1.54) is 19.3 Å². The molecule has 0 aromatic carbocycles. The Morgan fingerprint density at radius 3 is 2.56 bits per heavy atom. The SMILES string of the molecule is C[C@H]1CCC[C@H]1OC[C@H](O)CN1CCN(C)CC1. The molecule has 4 nitrogen and oxygen atoms in total. The first-order chi connectivity index (χ1) is 8.65. The van der Waals surface area contributed by atoms with Gasteiger partial charge in [-0.25, -0.2) is 0 Å². The van der Waals surface area contributed by atoms with Crippen molar-refractivity contribution in [3.8, 4) is 0 Å². The molecule has 2 fully saturated rings. The lowest BCUT2D eigenvalue weighted by Crippen LogP contribution is -2.47. The summed E-state index contributed by atoms with van der Waals surface area (Å²) in [5.41, 5.74) is 0. The first-order valence-electron chi connectivity index (χ1n) is 7.35. The number of likely N-dealkylation sites (N-methyl/N-ethyl adjacent to an activating group) is 1. The van der Waals surface area contributed by atoms with Crippen molar-refractivity contribution in [1.82, 2.24) is 9.80 Å². The number of aliphatic hydroxyl groups is 1. The number of ether oxygens (including phenoxy) is 1. The van der Waals surface area contributed by atoms with Crippen molar-refractivity contribution in [3.63, 3.8) is 0 Å². The van der Waals surface area contributed by atoms with E-state index in [1.807, 2.05) is 0 Å². The van der Waals surface area contributed by atoms with E-state index in [0.29, 0.717) is 18.6 Å². The van der Waals surface area contributed by atoms with Crippen molar-refractivity contribution < 1.29 is 9.84 Å². The summed E-state index contributed by atoms with van der Waals surface area (Å²) in [6.07, 6.45) is 3.77. The number of aliphatic hydroxyl groups excluding tert-OH is 1. The zero-order valence-corrected chi connectivity index (χ0v) is 11.8. The molecule has 0 radical (unpaired) electrons. The van der Waals surface area contributed by atoms with E-state index in [9.17, 15) is 5.11 Å². The molecule has 0 aromatic heterocycles. The van der Waals surface area contributed by atoms with E-state index < -0.39 is 0 Å². The van der Waals surface area contributed by atoms with Gasteiger partial charge in [0.15, 0.2) is 0 Å².